The van der Waals surface area contributed by atoms with E-state index in [0.29, 0.717) is 23.5 Å². The van der Waals surface area contributed by atoms with E-state index < -0.39 is 6.10 Å². The van der Waals surface area contributed by atoms with Crippen LogP contribution >= 0.6 is 23.2 Å². The summed E-state index contributed by atoms with van der Waals surface area (Å²) in [6.07, 6.45) is -0.569. The zero-order chi connectivity index (χ0) is 12.4. The van der Waals surface area contributed by atoms with E-state index in [1.54, 1.807) is 0 Å². The van der Waals surface area contributed by atoms with Crippen LogP contribution < -0.4 is 0 Å². The molecule has 0 fully saturated rings. The largest absolute Gasteiger partial charge is 0.387 e. The maximum absolute atomic E-state index is 10.1. The molecule has 0 bridgehead atoms. The molecule has 1 aromatic carbocycles. The molecule has 1 aliphatic rings. The van der Waals surface area contributed by atoms with Crippen LogP contribution in [0.1, 0.15) is 11.7 Å². The summed E-state index contributed by atoms with van der Waals surface area (Å²) in [6, 6.07) is 9.51. The number of rotatable bonds is 3. The number of nitrogens with zero attached hydrogens (tertiary/aromatic N) is 2. The molecule has 0 radical (unpaired) electrons. The summed E-state index contributed by atoms with van der Waals surface area (Å²) in [5, 5.41) is 11.1. The fourth-order valence-corrected chi connectivity index (χ4v) is 2.24. The van der Waals surface area contributed by atoms with E-state index in [0.717, 1.165) is 5.56 Å². The van der Waals surface area contributed by atoms with Gasteiger partial charge in [-0.15, -0.1) is 0 Å². The Bertz CT molecular complexity index is 422. The van der Waals surface area contributed by atoms with Crippen molar-refractivity contribution in [1.82, 2.24) is 9.80 Å². The Morgan fingerprint density at radius 3 is 2.41 bits per heavy atom. The van der Waals surface area contributed by atoms with Crippen LogP contribution in [-0.2, 0) is 0 Å². The molecule has 5 heteroatoms. The highest BCUT2D eigenvalue weighted by Gasteiger charge is 2.25. The molecule has 0 aromatic heterocycles. The summed E-state index contributed by atoms with van der Waals surface area (Å²) >= 11 is 12.1. The van der Waals surface area contributed by atoms with Gasteiger partial charge < -0.3 is 14.9 Å². The maximum Gasteiger partial charge on any atom is 0.142 e. The average molecular weight is 273 g/mol. The Labute approximate surface area is 111 Å². The van der Waals surface area contributed by atoms with Gasteiger partial charge in [0.2, 0.25) is 0 Å². The number of aliphatic hydroxyl groups is 1. The summed E-state index contributed by atoms with van der Waals surface area (Å²) in [6.45, 7) is 1.03. The van der Waals surface area contributed by atoms with Crippen LogP contribution in [0, 0.1) is 0 Å². The standard InChI is InChI=1S/C12H14Cl2N2O/c1-15-8-16(12(14)11(15)13)7-10(17)9-5-3-2-4-6-9/h2-6,10,17H,7-8H2,1H3. The number of hydrogen-bond donors (Lipinski definition) is 1. The van der Waals surface area contributed by atoms with Crippen LogP contribution in [0.5, 0.6) is 0 Å². The van der Waals surface area contributed by atoms with E-state index in [-0.39, 0.29) is 0 Å². The van der Waals surface area contributed by atoms with Gasteiger partial charge in [-0.25, -0.2) is 0 Å². The minimum atomic E-state index is -0.569. The molecule has 0 saturated heterocycles. The third-order valence-corrected chi connectivity index (χ3v) is 3.73. The lowest BCUT2D eigenvalue weighted by Gasteiger charge is -2.22. The van der Waals surface area contributed by atoms with Crippen molar-refractivity contribution in [3.8, 4) is 0 Å². The summed E-state index contributed by atoms with van der Waals surface area (Å²) in [5.41, 5.74) is 0.877. The summed E-state index contributed by atoms with van der Waals surface area (Å²) < 4.78 is 0. The second-order valence-electron chi connectivity index (χ2n) is 4.07. The Kier molecular flexibility index (Phi) is 3.82. The molecule has 3 nitrogen and oxygen atoms in total. The molecule has 1 N–H and O–H groups in total. The quantitative estimate of drug-likeness (QED) is 0.857. The van der Waals surface area contributed by atoms with Crippen LogP contribution in [0.2, 0.25) is 0 Å². The van der Waals surface area contributed by atoms with Gasteiger partial charge in [0.25, 0.3) is 0 Å². The molecule has 1 unspecified atom stereocenters. The van der Waals surface area contributed by atoms with Crippen molar-refractivity contribution in [2.45, 2.75) is 6.10 Å². The van der Waals surface area contributed by atoms with Gasteiger partial charge in [0, 0.05) is 7.05 Å². The van der Waals surface area contributed by atoms with E-state index >= 15 is 0 Å². The van der Waals surface area contributed by atoms with Crippen LogP contribution in [0.15, 0.2) is 40.6 Å². The molecule has 0 amide bonds. The highest BCUT2D eigenvalue weighted by atomic mass is 35.5. The predicted octanol–water partition coefficient (Wildman–Crippen LogP) is 2.53. The number of halogens is 2. The van der Waals surface area contributed by atoms with E-state index in [1.807, 2.05) is 47.2 Å². The van der Waals surface area contributed by atoms with Crippen molar-refractivity contribution in [2.75, 3.05) is 20.3 Å². The van der Waals surface area contributed by atoms with Crippen LogP contribution in [0.25, 0.3) is 0 Å². The molecule has 2 rings (SSSR count). The summed E-state index contributed by atoms with van der Waals surface area (Å²) in [7, 11) is 1.86. The van der Waals surface area contributed by atoms with Gasteiger partial charge in [-0.05, 0) is 5.56 Å². The fraction of sp³-hybridized carbons (Fsp3) is 0.333. The summed E-state index contributed by atoms with van der Waals surface area (Å²) in [5.74, 6) is 0. The summed E-state index contributed by atoms with van der Waals surface area (Å²) in [4.78, 5) is 3.68. The molecule has 1 heterocycles. The van der Waals surface area contributed by atoms with Gasteiger partial charge in [-0.2, -0.15) is 0 Å². The van der Waals surface area contributed by atoms with E-state index in [2.05, 4.69) is 0 Å². The number of aliphatic hydroxyl groups excluding tert-OH is 1. The van der Waals surface area contributed by atoms with Gasteiger partial charge in [0.1, 0.15) is 10.3 Å². The van der Waals surface area contributed by atoms with E-state index in [9.17, 15) is 5.11 Å². The zero-order valence-corrected chi connectivity index (χ0v) is 11.0. The average Bonchev–Trinajstić information content (AvgIpc) is 2.58. The smallest absolute Gasteiger partial charge is 0.142 e. The molecule has 0 aliphatic carbocycles. The minimum absolute atomic E-state index is 0.434. The van der Waals surface area contributed by atoms with Gasteiger partial charge in [-0.1, -0.05) is 53.5 Å². The first-order valence-electron chi connectivity index (χ1n) is 5.34. The van der Waals surface area contributed by atoms with Crippen molar-refractivity contribution in [3.05, 3.63) is 46.2 Å². The van der Waals surface area contributed by atoms with Crippen LogP contribution in [-0.4, -0.2) is 35.2 Å². The lowest BCUT2D eigenvalue weighted by Crippen LogP contribution is -2.28. The van der Waals surface area contributed by atoms with Crippen molar-refractivity contribution in [1.29, 1.82) is 0 Å². The zero-order valence-electron chi connectivity index (χ0n) is 9.48. The normalized spacial score (nSPS) is 17.9. The van der Waals surface area contributed by atoms with Gasteiger partial charge in [0.15, 0.2) is 0 Å². The van der Waals surface area contributed by atoms with Crippen molar-refractivity contribution in [3.63, 3.8) is 0 Å². The number of hydrogen-bond acceptors (Lipinski definition) is 3. The first-order chi connectivity index (χ1) is 8.09. The molecule has 17 heavy (non-hydrogen) atoms. The third kappa shape index (κ3) is 2.68. The molecule has 92 valence electrons. The lowest BCUT2D eigenvalue weighted by atomic mass is 10.1. The molecule has 1 aliphatic heterocycles. The van der Waals surface area contributed by atoms with Gasteiger partial charge >= 0.3 is 0 Å². The minimum Gasteiger partial charge on any atom is -0.387 e. The molecule has 1 aromatic rings. The predicted molar refractivity (Wildman–Crippen MR) is 69.5 cm³/mol. The molecule has 1 atom stereocenters. The monoisotopic (exact) mass is 272 g/mol. The first-order valence-corrected chi connectivity index (χ1v) is 6.09. The van der Waals surface area contributed by atoms with E-state index in [1.165, 1.54) is 0 Å². The molecular weight excluding hydrogens is 259 g/mol. The number of benzene rings is 1. The highest BCUT2D eigenvalue weighted by molar-refractivity contribution is 6.38. The fourth-order valence-electron chi connectivity index (χ4n) is 1.80. The number of β-amino-alcohol motifs (C(OH)–C–C–N with tert-alkyl or cyclic N) is 1. The molecule has 0 saturated carbocycles. The first kappa shape index (κ1) is 12.6. The van der Waals surface area contributed by atoms with Crippen molar-refractivity contribution < 1.29 is 5.11 Å². The third-order valence-electron chi connectivity index (χ3n) is 2.74. The Morgan fingerprint density at radius 2 is 1.88 bits per heavy atom. The van der Waals surface area contributed by atoms with Crippen LogP contribution in [0.3, 0.4) is 0 Å². The van der Waals surface area contributed by atoms with E-state index in [4.69, 9.17) is 23.2 Å². The van der Waals surface area contributed by atoms with Crippen molar-refractivity contribution >= 4 is 23.2 Å². The molecule has 0 spiro atoms. The molecular formula is C12H14Cl2N2O. The Hall–Kier alpha value is -0.900. The maximum atomic E-state index is 10.1. The SMILES string of the molecule is CN1CN(CC(O)c2ccccc2)C(Cl)=C1Cl. The topological polar surface area (TPSA) is 26.7 Å². The highest BCUT2D eigenvalue weighted by Crippen LogP contribution is 2.29. The lowest BCUT2D eigenvalue weighted by molar-refractivity contribution is 0.126. The Morgan fingerprint density at radius 1 is 1.24 bits per heavy atom. The second-order valence-corrected chi connectivity index (χ2v) is 4.79. The Balaban J connectivity index is 2.04. The second kappa shape index (κ2) is 5.17. The van der Waals surface area contributed by atoms with Crippen molar-refractivity contribution in [2.24, 2.45) is 0 Å². The van der Waals surface area contributed by atoms with Gasteiger partial charge in [0.05, 0.1) is 19.3 Å². The van der Waals surface area contributed by atoms with Gasteiger partial charge in [-0.3, -0.25) is 0 Å². The van der Waals surface area contributed by atoms with Crippen LogP contribution in [0.4, 0.5) is 0 Å².